The molecule has 0 radical (unpaired) electrons. The quantitative estimate of drug-likeness (QED) is 0.706. The first-order chi connectivity index (χ1) is 12.9. The molecule has 3 rings (SSSR count). The SMILES string of the molecule is CCS(=O)(=O)N1C[C@H](C(=O)N2CCC(C(=O)OC)CC2)Oc2ccccc21. The Hall–Kier alpha value is -2.29. The minimum Gasteiger partial charge on any atom is -0.476 e. The number of esters is 1. The van der Waals surface area contributed by atoms with Crippen molar-refractivity contribution in [3.05, 3.63) is 24.3 Å². The predicted octanol–water partition coefficient (Wildman–Crippen LogP) is 1.02. The molecule has 0 aliphatic carbocycles. The van der Waals surface area contributed by atoms with E-state index in [2.05, 4.69) is 0 Å². The van der Waals surface area contributed by atoms with E-state index < -0.39 is 16.1 Å². The van der Waals surface area contributed by atoms with Gasteiger partial charge in [-0.1, -0.05) is 12.1 Å². The Bertz CT molecular complexity index is 817. The van der Waals surface area contributed by atoms with Gasteiger partial charge in [0, 0.05) is 13.1 Å². The highest BCUT2D eigenvalue weighted by Crippen LogP contribution is 2.35. The van der Waals surface area contributed by atoms with E-state index in [4.69, 9.17) is 9.47 Å². The number of sulfonamides is 1. The number of benzene rings is 1. The van der Waals surface area contributed by atoms with Crippen molar-refractivity contribution >= 4 is 27.6 Å². The van der Waals surface area contributed by atoms with E-state index in [9.17, 15) is 18.0 Å². The molecule has 2 heterocycles. The van der Waals surface area contributed by atoms with Crippen LogP contribution in [0.25, 0.3) is 0 Å². The summed E-state index contributed by atoms with van der Waals surface area (Å²) in [6.07, 6.45) is 0.146. The number of methoxy groups -OCH3 is 1. The van der Waals surface area contributed by atoms with Gasteiger partial charge >= 0.3 is 5.97 Å². The number of hydrogen-bond acceptors (Lipinski definition) is 6. The van der Waals surface area contributed by atoms with Gasteiger partial charge in [-0.15, -0.1) is 0 Å². The zero-order chi connectivity index (χ0) is 19.6. The van der Waals surface area contributed by atoms with Gasteiger partial charge in [-0.2, -0.15) is 0 Å². The van der Waals surface area contributed by atoms with Crippen molar-refractivity contribution in [2.75, 3.05) is 36.8 Å². The molecule has 0 bridgehead atoms. The number of ether oxygens (including phenoxy) is 2. The van der Waals surface area contributed by atoms with E-state index >= 15 is 0 Å². The van der Waals surface area contributed by atoms with Crippen LogP contribution in [0, 0.1) is 5.92 Å². The van der Waals surface area contributed by atoms with Crippen molar-refractivity contribution in [1.82, 2.24) is 4.90 Å². The van der Waals surface area contributed by atoms with Crippen molar-refractivity contribution < 1.29 is 27.5 Å². The minimum absolute atomic E-state index is 0.0526. The van der Waals surface area contributed by atoms with Crippen LogP contribution in [-0.2, 0) is 24.3 Å². The molecule has 27 heavy (non-hydrogen) atoms. The van der Waals surface area contributed by atoms with E-state index in [1.165, 1.54) is 11.4 Å². The van der Waals surface area contributed by atoms with Crippen LogP contribution in [0.1, 0.15) is 19.8 Å². The van der Waals surface area contributed by atoms with E-state index in [1.54, 1.807) is 36.1 Å². The largest absolute Gasteiger partial charge is 0.476 e. The maximum atomic E-state index is 12.9. The summed E-state index contributed by atoms with van der Waals surface area (Å²) in [7, 11) is -2.18. The summed E-state index contributed by atoms with van der Waals surface area (Å²) in [6, 6.07) is 6.81. The lowest BCUT2D eigenvalue weighted by Gasteiger charge is -2.38. The number of hydrogen-bond donors (Lipinski definition) is 0. The summed E-state index contributed by atoms with van der Waals surface area (Å²) >= 11 is 0. The van der Waals surface area contributed by atoms with Gasteiger partial charge < -0.3 is 14.4 Å². The normalized spacial score (nSPS) is 20.6. The average Bonchev–Trinajstić information content (AvgIpc) is 2.71. The highest BCUT2D eigenvalue weighted by molar-refractivity contribution is 7.92. The highest BCUT2D eigenvalue weighted by atomic mass is 32.2. The first-order valence-electron chi connectivity index (χ1n) is 9.00. The number of rotatable bonds is 4. The predicted molar refractivity (Wildman–Crippen MR) is 99.0 cm³/mol. The maximum Gasteiger partial charge on any atom is 0.308 e. The molecular formula is C18H24N2O6S. The third-order valence-electron chi connectivity index (χ3n) is 5.05. The Kier molecular flexibility index (Phi) is 5.59. The van der Waals surface area contributed by atoms with Crippen LogP contribution in [-0.4, -0.2) is 63.8 Å². The molecule has 0 N–H and O–H groups in total. The van der Waals surface area contributed by atoms with Crippen molar-refractivity contribution in [1.29, 1.82) is 0 Å². The average molecular weight is 396 g/mol. The van der Waals surface area contributed by atoms with Crippen LogP contribution in [0.15, 0.2) is 24.3 Å². The lowest BCUT2D eigenvalue weighted by molar-refractivity contribution is -0.150. The van der Waals surface area contributed by atoms with Crippen LogP contribution >= 0.6 is 0 Å². The Balaban J connectivity index is 1.76. The van der Waals surface area contributed by atoms with E-state index in [-0.39, 0.29) is 30.1 Å². The number of fused-ring (bicyclic) bond motifs is 1. The van der Waals surface area contributed by atoms with Gasteiger partial charge in [0.1, 0.15) is 5.75 Å². The van der Waals surface area contributed by atoms with Crippen molar-refractivity contribution in [2.24, 2.45) is 5.92 Å². The number of likely N-dealkylation sites (tertiary alicyclic amines) is 1. The van der Waals surface area contributed by atoms with Crippen LogP contribution in [0.3, 0.4) is 0 Å². The van der Waals surface area contributed by atoms with Gasteiger partial charge in [0.2, 0.25) is 10.0 Å². The van der Waals surface area contributed by atoms with E-state index in [0.717, 1.165) is 0 Å². The lowest BCUT2D eigenvalue weighted by Crippen LogP contribution is -2.53. The summed E-state index contributed by atoms with van der Waals surface area (Å²) in [5, 5.41) is 0. The van der Waals surface area contributed by atoms with E-state index in [0.29, 0.717) is 37.4 Å². The number of amides is 1. The monoisotopic (exact) mass is 396 g/mol. The van der Waals surface area contributed by atoms with Gasteiger partial charge in [0.25, 0.3) is 5.91 Å². The molecule has 8 nitrogen and oxygen atoms in total. The molecule has 1 aromatic rings. The fourth-order valence-electron chi connectivity index (χ4n) is 3.46. The van der Waals surface area contributed by atoms with Gasteiger partial charge in [0.05, 0.1) is 31.0 Å². The molecule has 0 aromatic heterocycles. The zero-order valence-electron chi connectivity index (χ0n) is 15.5. The van der Waals surface area contributed by atoms with Gasteiger partial charge in [-0.25, -0.2) is 8.42 Å². The van der Waals surface area contributed by atoms with Crippen molar-refractivity contribution in [3.8, 4) is 5.75 Å². The molecule has 1 saturated heterocycles. The number of piperidine rings is 1. The molecule has 0 unspecified atom stereocenters. The Morgan fingerprint density at radius 3 is 2.52 bits per heavy atom. The van der Waals surface area contributed by atoms with Crippen molar-refractivity contribution in [2.45, 2.75) is 25.9 Å². The lowest BCUT2D eigenvalue weighted by atomic mass is 9.96. The van der Waals surface area contributed by atoms with Crippen LogP contribution in [0.5, 0.6) is 5.75 Å². The molecule has 9 heteroatoms. The van der Waals surface area contributed by atoms with E-state index in [1.807, 2.05) is 0 Å². The molecule has 0 saturated carbocycles. The Morgan fingerprint density at radius 2 is 1.89 bits per heavy atom. The first kappa shape index (κ1) is 19.5. The fourth-order valence-corrected chi connectivity index (χ4v) is 4.58. The fraction of sp³-hybridized carbons (Fsp3) is 0.556. The molecule has 2 aliphatic rings. The first-order valence-corrected chi connectivity index (χ1v) is 10.6. The molecule has 2 aliphatic heterocycles. The van der Waals surface area contributed by atoms with Gasteiger partial charge in [0.15, 0.2) is 6.10 Å². The summed E-state index contributed by atoms with van der Waals surface area (Å²) in [6.45, 7) is 2.35. The summed E-state index contributed by atoms with van der Waals surface area (Å²) in [5.41, 5.74) is 0.452. The second-order valence-electron chi connectivity index (χ2n) is 6.63. The number of para-hydroxylation sites is 2. The summed E-state index contributed by atoms with van der Waals surface area (Å²) in [5.74, 6) is -0.408. The molecule has 1 amide bonds. The maximum absolute atomic E-state index is 12.9. The highest BCUT2D eigenvalue weighted by Gasteiger charge is 2.39. The summed E-state index contributed by atoms with van der Waals surface area (Å²) in [4.78, 5) is 26.2. The standard InChI is InChI=1S/C18H24N2O6S/c1-3-27(23,24)20-12-16(26-15-7-5-4-6-14(15)20)17(21)19-10-8-13(9-11-19)18(22)25-2/h4-7,13,16H,3,8-12H2,1-2H3/t16-/m1/s1. The van der Waals surface area contributed by atoms with Gasteiger partial charge in [-0.3, -0.25) is 13.9 Å². The molecule has 1 atom stereocenters. The second-order valence-corrected chi connectivity index (χ2v) is 8.81. The molecule has 0 spiro atoms. The minimum atomic E-state index is -3.53. The Labute approximate surface area is 159 Å². The number of nitrogens with zero attached hydrogens (tertiary/aromatic N) is 2. The topological polar surface area (TPSA) is 93.2 Å². The smallest absolute Gasteiger partial charge is 0.308 e. The van der Waals surface area contributed by atoms with Gasteiger partial charge in [-0.05, 0) is 31.9 Å². The number of carbonyl (C=O) groups excluding carboxylic acids is 2. The number of carbonyl (C=O) groups is 2. The molecular weight excluding hydrogens is 372 g/mol. The molecule has 1 aromatic carbocycles. The third kappa shape index (κ3) is 3.87. The Morgan fingerprint density at radius 1 is 1.22 bits per heavy atom. The zero-order valence-corrected chi connectivity index (χ0v) is 16.3. The third-order valence-corrected chi connectivity index (χ3v) is 6.80. The molecule has 1 fully saturated rings. The van der Waals surface area contributed by atoms with Crippen molar-refractivity contribution in [3.63, 3.8) is 0 Å². The number of anilines is 1. The van der Waals surface area contributed by atoms with Crippen LogP contribution in [0.2, 0.25) is 0 Å². The van der Waals surface area contributed by atoms with Crippen LogP contribution < -0.4 is 9.04 Å². The second kappa shape index (κ2) is 7.75. The van der Waals surface area contributed by atoms with Crippen LogP contribution in [0.4, 0.5) is 5.69 Å². The summed E-state index contributed by atoms with van der Waals surface area (Å²) < 4.78 is 36.9. The molecule has 148 valence electrons.